The molecule has 0 saturated carbocycles. The second-order valence-corrected chi connectivity index (χ2v) is 4.94. The van der Waals surface area contributed by atoms with Crippen LogP contribution in [0.2, 0.25) is 0 Å². The summed E-state index contributed by atoms with van der Waals surface area (Å²) < 4.78 is 2.91. The molecule has 0 atom stereocenters. The number of hydrogen-bond acceptors (Lipinski definition) is 1. The van der Waals surface area contributed by atoms with E-state index in [1.807, 2.05) is 60.2 Å². The third kappa shape index (κ3) is 3.40. The van der Waals surface area contributed by atoms with Crippen LogP contribution in [0, 0.1) is 6.92 Å². The normalized spacial score (nSPS) is 10.1. The van der Waals surface area contributed by atoms with Gasteiger partial charge in [0.15, 0.2) is 11.9 Å². The van der Waals surface area contributed by atoms with Gasteiger partial charge >= 0.3 is 0 Å². The number of nitrogens with one attached hydrogen (secondary N) is 1. The topological polar surface area (TPSA) is 33.0 Å². The second kappa shape index (κ2) is 5.78. The predicted molar refractivity (Wildman–Crippen MR) is 74.1 cm³/mol. The van der Waals surface area contributed by atoms with Gasteiger partial charge in [0, 0.05) is 29.2 Å². The van der Waals surface area contributed by atoms with Gasteiger partial charge in [0.25, 0.3) is 5.91 Å². The molecular formula is C14H14BrN2O+. The Bertz CT molecular complexity index is 552. The Hall–Kier alpha value is -1.68. The van der Waals surface area contributed by atoms with Crippen molar-refractivity contribution in [1.29, 1.82) is 0 Å². The SMILES string of the molecule is Cc1cccc[n+]1CC(=O)Nc1ccc(Br)cc1. The number of carbonyl (C=O) groups is 1. The molecule has 1 N–H and O–H groups in total. The van der Waals surface area contributed by atoms with Crippen LogP contribution in [0.3, 0.4) is 0 Å². The first-order chi connectivity index (χ1) is 8.65. The number of aromatic nitrogens is 1. The largest absolute Gasteiger partial charge is 0.321 e. The van der Waals surface area contributed by atoms with Gasteiger partial charge in [-0.1, -0.05) is 22.0 Å². The van der Waals surface area contributed by atoms with Gasteiger partial charge < -0.3 is 5.32 Å². The van der Waals surface area contributed by atoms with E-state index in [4.69, 9.17) is 0 Å². The third-order valence-corrected chi connectivity index (χ3v) is 3.14. The lowest BCUT2D eigenvalue weighted by Crippen LogP contribution is -2.42. The van der Waals surface area contributed by atoms with Gasteiger partial charge in [-0.25, -0.2) is 0 Å². The van der Waals surface area contributed by atoms with Gasteiger partial charge in [0.1, 0.15) is 0 Å². The Labute approximate surface area is 115 Å². The van der Waals surface area contributed by atoms with Crippen molar-refractivity contribution in [3.63, 3.8) is 0 Å². The zero-order valence-electron chi connectivity index (χ0n) is 10.1. The molecule has 0 bridgehead atoms. The van der Waals surface area contributed by atoms with E-state index < -0.39 is 0 Å². The smallest absolute Gasteiger partial charge is 0.290 e. The number of amides is 1. The molecular weight excluding hydrogens is 292 g/mol. The van der Waals surface area contributed by atoms with Crippen molar-refractivity contribution in [1.82, 2.24) is 0 Å². The summed E-state index contributed by atoms with van der Waals surface area (Å²) >= 11 is 3.36. The van der Waals surface area contributed by atoms with Gasteiger partial charge in [-0.2, -0.15) is 4.57 Å². The van der Waals surface area contributed by atoms with Crippen LogP contribution in [0.1, 0.15) is 5.69 Å². The van der Waals surface area contributed by atoms with E-state index in [9.17, 15) is 4.79 Å². The monoisotopic (exact) mass is 305 g/mol. The summed E-state index contributed by atoms with van der Waals surface area (Å²) in [6.07, 6.45) is 1.90. The fourth-order valence-corrected chi connectivity index (χ4v) is 1.89. The van der Waals surface area contributed by atoms with Crippen molar-refractivity contribution in [3.05, 3.63) is 58.8 Å². The fourth-order valence-electron chi connectivity index (χ4n) is 1.63. The Balaban J connectivity index is 2.01. The van der Waals surface area contributed by atoms with Crippen molar-refractivity contribution in [3.8, 4) is 0 Å². The lowest BCUT2D eigenvalue weighted by Gasteiger charge is -2.04. The van der Waals surface area contributed by atoms with E-state index in [0.29, 0.717) is 6.54 Å². The molecule has 0 saturated heterocycles. The van der Waals surface area contributed by atoms with E-state index in [0.717, 1.165) is 15.9 Å². The molecule has 3 nitrogen and oxygen atoms in total. The van der Waals surface area contributed by atoms with Crippen molar-refractivity contribution in [2.45, 2.75) is 13.5 Å². The highest BCUT2D eigenvalue weighted by Gasteiger charge is 2.11. The molecule has 0 unspecified atom stereocenters. The summed E-state index contributed by atoms with van der Waals surface area (Å²) in [5.41, 5.74) is 1.86. The Morgan fingerprint density at radius 3 is 2.61 bits per heavy atom. The number of anilines is 1. The maximum Gasteiger partial charge on any atom is 0.290 e. The van der Waals surface area contributed by atoms with Gasteiger partial charge in [-0.15, -0.1) is 0 Å². The highest BCUT2D eigenvalue weighted by Crippen LogP contribution is 2.13. The minimum absolute atomic E-state index is 0.0309. The minimum atomic E-state index is -0.0309. The lowest BCUT2D eigenvalue weighted by molar-refractivity contribution is -0.690. The Morgan fingerprint density at radius 2 is 1.94 bits per heavy atom. The predicted octanol–water partition coefficient (Wildman–Crippen LogP) is 2.68. The first kappa shape index (κ1) is 12.8. The zero-order valence-corrected chi connectivity index (χ0v) is 11.6. The van der Waals surface area contributed by atoms with E-state index >= 15 is 0 Å². The van der Waals surface area contributed by atoms with E-state index in [1.54, 1.807) is 0 Å². The molecule has 2 aromatic rings. The zero-order chi connectivity index (χ0) is 13.0. The van der Waals surface area contributed by atoms with Gasteiger partial charge in [0.2, 0.25) is 6.54 Å². The number of carbonyl (C=O) groups excluding carboxylic acids is 1. The third-order valence-electron chi connectivity index (χ3n) is 2.61. The van der Waals surface area contributed by atoms with Crippen molar-refractivity contribution in [2.24, 2.45) is 0 Å². The highest BCUT2D eigenvalue weighted by atomic mass is 79.9. The minimum Gasteiger partial charge on any atom is -0.321 e. The number of rotatable bonds is 3. The molecule has 0 aliphatic heterocycles. The van der Waals surface area contributed by atoms with Crippen LogP contribution in [0.4, 0.5) is 5.69 Å². The number of aryl methyl sites for hydroxylation is 1. The standard InChI is InChI=1S/C14H13BrN2O/c1-11-4-2-3-9-17(11)10-14(18)16-13-7-5-12(15)6-8-13/h2-9H,10H2,1H3/p+1. The molecule has 92 valence electrons. The van der Waals surface area contributed by atoms with Crippen molar-refractivity contribution < 1.29 is 9.36 Å². The first-order valence-corrected chi connectivity index (χ1v) is 6.45. The maximum absolute atomic E-state index is 11.9. The van der Waals surface area contributed by atoms with E-state index in [1.165, 1.54) is 0 Å². The van der Waals surface area contributed by atoms with Crippen LogP contribution in [-0.2, 0) is 11.3 Å². The lowest BCUT2D eigenvalue weighted by atomic mass is 10.3. The van der Waals surface area contributed by atoms with Gasteiger partial charge in [0.05, 0.1) is 0 Å². The summed E-state index contributed by atoms with van der Waals surface area (Å²) in [5.74, 6) is -0.0309. The molecule has 0 aliphatic carbocycles. The van der Waals surface area contributed by atoms with Crippen LogP contribution >= 0.6 is 15.9 Å². The molecule has 1 heterocycles. The molecule has 0 spiro atoms. The fraction of sp³-hybridized carbons (Fsp3) is 0.143. The summed E-state index contributed by atoms with van der Waals surface area (Å²) in [6, 6.07) is 13.4. The van der Waals surface area contributed by atoms with Crippen molar-refractivity contribution in [2.75, 3.05) is 5.32 Å². The van der Waals surface area contributed by atoms with Crippen LogP contribution in [0.25, 0.3) is 0 Å². The summed E-state index contributed by atoms with van der Waals surface area (Å²) in [4.78, 5) is 11.9. The Kier molecular flexibility index (Phi) is 4.10. The van der Waals surface area contributed by atoms with Crippen LogP contribution < -0.4 is 9.88 Å². The molecule has 2 rings (SSSR count). The average Bonchev–Trinajstić information content (AvgIpc) is 2.35. The highest BCUT2D eigenvalue weighted by molar-refractivity contribution is 9.10. The molecule has 1 aromatic carbocycles. The number of pyridine rings is 1. The summed E-state index contributed by atoms with van der Waals surface area (Å²) in [6.45, 7) is 2.30. The average molecular weight is 306 g/mol. The molecule has 0 radical (unpaired) electrons. The number of halogens is 1. The summed E-state index contributed by atoms with van der Waals surface area (Å²) in [7, 11) is 0. The molecule has 0 fully saturated rings. The van der Waals surface area contributed by atoms with Gasteiger partial charge in [-0.3, -0.25) is 4.79 Å². The van der Waals surface area contributed by atoms with E-state index in [-0.39, 0.29) is 5.91 Å². The first-order valence-electron chi connectivity index (χ1n) is 5.65. The van der Waals surface area contributed by atoms with Crippen LogP contribution in [-0.4, -0.2) is 5.91 Å². The molecule has 4 heteroatoms. The van der Waals surface area contributed by atoms with Crippen LogP contribution in [0.5, 0.6) is 0 Å². The molecule has 1 amide bonds. The van der Waals surface area contributed by atoms with Crippen molar-refractivity contribution >= 4 is 27.5 Å². The number of hydrogen-bond donors (Lipinski definition) is 1. The summed E-state index contributed by atoms with van der Waals surface area (Å²) in [5, 5.41) is 2.86. The molecule has 0 aliphatic rings. The second-order valence-electron chi connectivity index (χ2n) is 4.02. The Morgan fingerprint density at radius 1 is 1.22 bits per heavy atom. The molecule has 18 heavy (non-hydrogen) atoms. The maximum atomic E-state index is 11.9. The molecule has 1 aromatic heterocycles. The van der Waals surface area contributed by atoms with Gasteiger partial charge in [-0.05, 0) is 24.3 Å². The van der Waals surface area contributed by atoms with Crippen LogP contribution in [0.15, 0.2) is 53.1 Å². The van der Waals surface area contributed by atoms with E-state index in [2.05, 4.69) is 21.2 Å². The number of nitrogens with zero attached hydrogens (tertiary/aromatic N) is 1. The number of benzene rings is 1. The quantitative estimate of drug-likeness (QED) is 0.869.